The van der Waals surface area contributed by atoms with E-state index in [4.69, 9.17) is 9.47 Å². The van der Waals surface area contributed by atoms with Gasteiger partial charge >= 0.3 is 0 Å². The van der Waals surface area contributed by atoms with Gasteiger partial charge in [0.1, 0.15) is 5.60 Å². The Morgan fingerprint density at radius 2 is 2.30 bits per heavy atom. The Kier molecular flexibility index (Phi) is 3.43. The Bertz CT molecular complexity index is 569. The Balaban J connectivity index is 1.60. The largest absolute Gasteiger partial charge is 0.477 e. The quantitative estimate of drug-likeness (QED) is 0.810. The summed E-state index contributed by atoms with van der Waals surface area (Å²) in [5.74, 6) is 0.802. The molecule has 3 heterocycles. The third-order valence-electron chi connectivity index (χ3n) is 4.03. The van der Waals surface area contributed by atoms with Crippen LogP contribution in [0.4, 0.5) is 0 Å². The van der Waals surface area contributed by atoms with Crippen LogP contribution < -0.4 is 4.74 Å². The fourth-order valence-corrected chi connectivity index (χ4v) is 3.68. The Morgan fingerprint density at radius 1 is 1.50 bits per heavy atom. The summed E-state index contributed by atoms with van der Waals surface area (Å²) in [4.78, 5) is 4.12. The fourth-order valence-electron chi connectivity index (χ4n) is 2.77. The van der Waals surface area contributed by atoms with E-state index in [9.17, 15) is 8.42 Å². The molecule has 0 amide bonds. The van der Waals surface area contributed by atoms with Crippen LogP contribution >= 0.6 is 0 Å². The van der Waals surface area contributed by atoms with Crippen molar-refractivity contribution in [2.75, 3.05) is 32.6 Å². The molecule has 1 atom stereocenters. The molecule has 2 saturated heterocycles. The number of rotatable bonds is 4. The first-order chi connectivity index (χ1) is 9.50. The van der Waals surface area contributed by atoms with Crippen LogP contribution in [-0.2, 0) is 14.8 Å². The van der Waals surface area contributed by atoms with Gasteiger partial charge in [-0.25, -0.2) is 13.4 Å². The van der Waals surface area contributed by atoms with Gasteiger partial charge in [0.15, 0.2) is 0 Å². The molecule has 20 heavy (non-hydrogen) atoms. The van der Waals surface area contributed by atoms with Crippen LogP contribution in [0.3, 0.4) is 0 Å². The van der Waals surface area contributed by atoms with Crippen molar-refractivity contribution >= 4 is 10.0 Å². The van der Waals surface area contributed by atoms with Crippen molar-refractivity contribution < 1.29 is 17.9 Å². The lowest BCUT2D eigenvalue weighted by molar-refractivity contribution is -0.107. The SMILES string of the molecule is CS(=O)(=O)N1CC2(C1)OCCC2COc1ccccn1. The van der Waals surface area contributed by atoms with Crippen LogP contribution in [0.15, 0.2) is 24.4 Å². The van der Waals surface area contributed by atoms with E-state index in [1.54, 1.807) is 6.20 Å². The summed E-state index contributed by atoms with van der Waals surface area (Å²) in [6.07, 6.45) is 3.81. The molecular weight excluding hydrogens is 280 g/mol. The number of ether oxygens (including phenoxy) is 2. The molecule has 0 aliphatic carbocycles. The Labute approximate surface area is 118 Å². The molecule has 6 nitrogen and oxygen atoms in total. The molecule has 0 N–H and O–H groups in total. The second-order valence-corrected chi connectivity index (χ2v) is 7.39. The third kappa shape index (κ3) is 2.53. The van der Waals surface area contributed by atoms with Gasteiger partial charge < -0.3 is 9.47 Å². The molecule has 1 unspecified atom stereocenters. The lowest BCUT2D eigenvalue weighted by atomic mass is 9.83. The molecule has 0 aromatic carbocycles. The van der Waals surface area contributed by atoms with Gasteiger partial charge in [-0.15, -0.1) is 0 Å². The van der Waals surface area contributed by atoms with E-state index >= 15 is 0 Å². The standard InChI is InChI=1S/C13H18N2O4S/c1-20(16,17)15-9-13(10-15)11(5-7-19-13)8-18-12-4-2-3-6-14-12/h2-4,6,11H,5,7-10H2,1H3. The Hall–Kier alpha value is -1.18. The Morgan fingerprint density at radius 3 is 2.95 bits per heavy atom. The first-order valence-electron chi connectivity index (χ1n) is 6.62. The van der Waals surface area contributed by atoms with Gasteiger partial charge in [-0.3, -0.25) is 0 Å². The molecule has 1 spiro atoms. The van der Waals surface area contributed by atoms with Gasteiger partial charge in [-0.2, -0.15) is 4.31 Å². The van der Waals surface area contributed by atoms with Crippen molar-refractivity contribution in [2.24, 2.45) is 5.92 Å². The summed E-state index contributed by atoms with van der Waals surface area (Å²) in [6.45, 7) is 2.03. The van der Waals surface area contributed by atoms with E-state index in [0.29, 0.717) is 32.2 Å². The number of hydrogen-bond donors (Lipinski definition) is 0. The minimum Gasteiger partial charge on any atom is -0.477 e. The van der Waals surface area contributed by atoms with Crippen molar-refractivity contribution in [1.82, 2.24) is 9.29 Å². The molecule has 1 aromatic rings. The van der Waals surface area contributed by atoms with E-state index in [1.807, 2.05) is 18.2 Å². The van der Waals surface area contributed by atoms with Crippen molar-refractivity contribution in [2.45, 2.75) is 12.0 Å². The van der Waals surface area contributed by atoms with Crippen LogP contribution in [0.1, 0.15) is 6.42 Å². The molecule has 0 saturated carbocycles. The molecule has 2 fully saturated rings. The van der Waals surface area contributed by atoms with E-state index in [0.717, 1.165) is 6.42 Å². The second kappa shape index (κ2) is 4.98. The zero-order chi connectivity index (χ0) is 14.2. The van der Waals surface area contributed by atoms with Crippen LogP contribution in [-0.4, -0.2) is 55.9 Å². The van der Waals surface area contributed by atoms with Gasteiger partial charge in [-0.1, -0.05) is 6.07 Å². The monoisotopic (exact) mass is 298 g/mol. The minimum atomic E-state index is -3.12. The maximum Gasteiger partial charge on any atom is 0.213 e. The van der Waals surface area contributed by atoms with Gasteiger partial charge in [-0.05, 0) is 12.5 Å². The zero-order valence-corrected chi connectivity index (χ0v) is 12.2. The lowest BCUT2D eigenvalue weighted by Gasteiger charge is -2.48. The molecule has 3 rings (SSSR count). The zero-order valence-electron chi connectivity index (χ0n) is 11.4. The highest BCUT2D eigenvalue weighted by Gasteiger charge is 2.55. The number of aromatic nitrogens is 1. The van der Waals surface area contributed by atoms with Crippen molar-refractivity contribution in [3.05, 3.63) is 24.4 Å². The summed E-state index contributed by atoms with van der Waals surface area (Å²) in [5.41, 5.74) is -0.363. The first-order valence-corrected chi connectivity index (χ1v) is 8.47. The predicted octanol–water partition coefficient (Wildman–Crippen LogP) is 0.511. The normalized spacial score (nSPS) is 25.6. The molecule has 0 bridgehead atoms. The average Bonchev–Trinajstić information content (AvgIpc) is 2.78. The van der Waals surface area contributed by atoms with Crippen LogP contribution in [0.2, 0.25) is 0 Å². The van der Waals surface area contributed by atoms with Gasteiger partial charge in [0.05, 0.1) is 12.9 Å². The summed E-state index contributed by atoms with van der Waals surface area (Å²) in [7, 11) is -3.12. The van der Waals surface area contributed by atoms with Gasteiger partial charge in [0.25, 0.3) is 0 Å². The number of hydrogen-bond acceptors (Lipinski definition) is 5. The van der Waals surface area contributed by atoms with E-state index < -0.39 is 10.0 Å². The average molecular weight is 298 g/mol. The van der Waals surface area contributed by atoms with E-state index in [2.05, 4.69) is 4.98 Å². The first kappa shape index (κ1) is 13.8. The highest BCUT2D eigenvalue weighted by Crippen LogP contribution is 2.41. The summed E-state index contributed by atoms with van der Waals surface area (Å²) in [5, 5.41) is 0. The summed E-state index contributed by atoms with van der Waals surface area (Å²) < 4.78 is 35.9. The summed E-state index contributed by atoms with van der Waals surface area (Å²) >= 11 is 0. The number of pyridine rings is 1. The van der Waals surface area contributed by atoms with Crippen molar-refractivity contribution in [1.29, 1.82) is 0 Å². The number of sulfonamides is 1. The van der Waals surface area contributed by atoms with Crippen LogP contribution in [0.25, 0.3) is 0 Å². The van der Waals surface area contributed by atoms with E-state index in [1.165, 1.54) is 10.6 Å². The maximum absolute atomic E-state index is 11.5. The minimum absolute atomic E-state index is 0.211. The second-order valence-electron chi connectivity index (χ2n) is 5.41. The molecule has 1 aromatic heterocycles. The highest BCUT2D eigenvalue weighted by atomic mass is 32.2. The van der Waals surface area contributed by atoms with Crippen LogP contribution in [0.5, 0.6) is 5.88 Å². The van der Waals surface area contributed by atoms with Crippen molar-refractivity contribution in [3.8, 4) is 5.88 Å². The molecule has 2 aliphatic rings. The summed E-state index contributed by atoms with van der Waals surface area (Å²) in [6, 6.07) is 5.52. The molecule has 110 valence electrons. The number of nitrogens with zero attached hydrogens (tertiary/aromatic N) is 2. The topological polar surface area (TPSA) is 68.7 Å². The van der Waals surface area contributed by atoms with Crippen molar-refractivity contribution in [3.63, 3.8) is 0 Å². The predicted molar refractivity (Wildman–Crippen MR) is 72.9 cm³/mol. The smallest absolute Gasteiger partial charge is 0.213 e. The van der Waals surface area contributed by atoms with E-state index in [-0.39, 0.29) is 11.5 Å². The molecule has 0 radical (unpaired) electrons. The maximum atomic E-state index is 11.5. The van der Waals surface area contributed by atoms with Crippen LogP contribution in [0, 0.1) is 5.92 Å². The highest BCUT2D eigenvalue weighted by molar-refractivity contribution is 7.88. The van der Waals surface area contributed by atoms with Gasteiger partial charge in [0.2, 0.25) is 15.9 Å². The molecule has 7 heteroatoms. The fraction of sp³-hybridized carbons (Fsp3) is 0.615. The molecule has 2 aliphatic heterocycles. The third-order valence-corrected chi connectivity index (χ3v) is 5.22. The lowest BCUT2D eigenvalue weighted by Crippen LogP contribution is -2.66. The van der Waals surface area contributed by atoms with Gasteiger partial charge in [0, 0.05) is 37.9 Å². The molecular formula is C13H18N2O4S.